The first kappa shape index (κ1) is 19.9. The van der Waals surface area contributed by atoms with Crippen LogP contribution in [0.1, 0.15) is 6.92 Å². The number of nitrogens with one attached hydrogen (secondary N) is 2. The number of esters is 1. The topological polar surface area (TPSA) is 76.7 Å². The van der Waals surface area contributed by atoms with E-state index in [0.717, 1.165) is 0 Å². The summed E-state index contributed by atoms with van der Waals surface area (Å²) in [6.45, 7) is 1.02. The van der Waals surface area contributed by atoms with Crippen LogP contribution in [-0.2, 0) is 14.3 Å². The third kappa shape index (κ3) is 4.22. The van der Waals surface area contributed by atoms with Gasteiger partial charge in [0.25, 0.3) is 0 Å². The minimum atomic E-state index is -5.22. The fourth-order valence-electron chi connectivity index (χ4n) is 1.82. The van der Waals surface area contributed by atoms with Crippen molar-refractivity contribution >= 4 is 29.2 Å². The van der Waals surface area contributed by atoms with E-state index in [0.29, 0.717) is 0 Å². The molecule has 1 atom stereocenters. The molecular formula is C14H16ClF3N2O4. The second-order valence-electron chi connectivity index (χ2n) is 4.48. The molecule has 6 nitrogen and oxygen atoms in total. The number of anilines is 1. The number of methoxy groups -OCH3 is 1. The van der Waals surface area contributed by atoms with Gasteiger partial charge < -0.3 is 20.1 Å². The highest BCUT2D eigenvalue weighted by molar-refractivity contribution is 6.27. The van der Waals surface area contributed by atoms with E-state index in [1.807, 2.05) is 5.32 Å². The molecule has 0 radical (unpaired) electrons. The van der Waals surface area contributed by atoms with E-state index in [1.165, 1.54) is 38.3 Å². The molecule has 0 aromatic heterocycles. The van der Waals surface area contributed by atoms with Gasteiger partial charge in [-0.05, 0) is 19.1 Å². The molecule has 134 valence electrons. The molecule has 24 heavy (non-hydrogen) atoms. The molecule has 1 aromatic carbocycles. The van der Waals surface area contributed by atoms with Gasteiger partial charge in [-0.2, -0.15) is 13.2 Å². The van der Waals surface area contributed by atoms with Gasteiger partial charge >= 0.3 is 17.8 Å². The average Bonchev–Trinajstić information content (AvgIpc) is 2.53. The lowest BCUT2D eigenvalue weighted by Crippen LogP contribution is -2.69. The Kier molecular flexibility index (Phi) is 6.70. The van der Waals surface area contributed by atoms with E-state index in [1.54, 1.807) is 5.32 Å². The lowest BCUT2D eigenvalue weighted by molar-refractivity contribution is -0.207. The Balaban J connectivity index is 3.43. The predicted molar refractivity (Wildman–Crippen MR) is 80.9 cm³/mol. The summed E-state index contributed by atoms with van der Waals surface area (Å²) in [5.74, 6) is -3.66. The number of para-hydroxylation sites is 2. The fourth-order valence-corrected chi connectivity index (χ4v) is 1.89. The van der Waals surface area contributed by atoms with Crippen LogP contribution >= 0.6 is 11.6 Å². The van der Waals surface area contributed by atoms with E-state index in [-0.39, 0.29) is 18.0 Å². The zero-order chi connectivity index (χ0) is 18.4. The number of halogens is 4. The first-order valence-electron chi connectivity index (χ1n) is 6.74. The molecule has 1 rings (SSSR count). The predicted octanol–water partition coefficient (Wildman–Crippen LogP) is 2.28. The number of carbonyl (C=O) groups is 2. The molecule has 1 aromatic rings. The van der Waals surface area contributed by atoms with Crippen molar-refractivity contribution in [3.8, 4) is 5.75 Å². The number of alkyl halides is 4. The van der Waals surface area contributed by atoms with Gasteiger partial charge in [0, 0.05) is 0 Å². The van der Waals surface area contributed by atoms with Crippen LogP contribution in [0, 0.1) is 0 Å². The zero-order valence-electron chi connectivity index (χ0n) is 12.9. The fraction of sp³-hybridized carbons (Fsp3) is 0.429. The molecule has 0 aliphatic rings. The van der Waals surface area contributed by atoms with Crippen LogP contribution in [0.15, 0.2) is 24.3 Å². The monoisotopic (exact) mass is 368 g/mol. The van der Waals surface area contributed by atoms with Crippen molar-refractivity contribution in [3.63, 3.8) is 0 Å². The summed E-state index contributed by atoms with van der Waals surface area (Å²) in [5.41, 5.74) is -3.68. The molecule has 0 fully saturated rings. The highest BCUT2D eigenvalue weighted by atomic mass is 35.5. The van der Waals surface area contributed by atoms with Crippen molar-refractivity contribution in [2.24, 2.45) is 0 Å². The second-order valence-corrected chi connectivity index (χ2v) is 4.74. The molecule has 0 spiro atoms. The average molecular weight is 369 g/mol. The molecule has 2 N–H and O–H groups in total. The van der Waals surface area contributed by atoms with Crippen LogP contribution < -0.4 is 15.4 Å². The highest BCUT2D eigenvalue weighted by Crippen LogP contribution is 2.35. The van der Waals surface area contributed by atoms with Crippen LogP contribution in [0.3, 0.4) is 0 Å². The normalized spacial score (nSPS) is 13.6. The van der Waals surface area contributed by atoms with E-state index >= 15 is 0 Å². The molecule has 0 aliphatic carbocycles. The van der Waals surface area contributed by atoms with Gasteiger partial charge in [-0.1, -0.05) is 12.1 Å². The largest absolute Gasteiger partial charge is 0.495 e. The van der Waals surface area contributed by atoms with Gasteiger partial charge in [0.2, 0.25) is 5.91 Å². The minimum absolute atomic E-state index is 0.0375. The summed E-state index contributed by atoms with van der Waals surface area (Å²) in [6.07, 6.45) is -5.22. The van der Waals surface area contributed by atoms with Gasteiger partial charge in [0.15, 0.2) is 0 Å². The van der Waals surface area contributed by atoms with Crippen molar-refractivity contribution in [3.05, 3.63) is 24.3 Å². The summed E-state index contributed by atoms with van der Waals surface area (Å²) in [4.78, 5) is 23.6. The summed E-state index contributed by atoms with van der Waals surface area (Å²) >= 11 is 5.27. The van der Waals surface area contributed by atoms with Crippen molar-refractivity contribution in [1.29, 1.82) is 0 Å². The van der Waals surface area contributed by atoms with Gasteiger partial charge in [-0.3, -0.25) is 4.79 Å². The lowest BCUT2D eigenvalue weighted by Gasteiger charge is -2.35. The van der Waals surface area contributed by atoms with Gasteiger partial charge in [-0.15, -0.1) is 11.6 Å². The quantitative estimate of drug-likeness (QED) is 0.439. The van der Waals surface area contributed by atoms with Crippen molar-refractivity contribution in [2.45, 2.75) is 18.8 Å². The van der Waals surface area contributed by atoms with Gasteiger partial charge in [0.1, 0.15) is 11.6 Å². The van der Waals surface area contributed by atoms with Crippen molar-refractivity contribution in [2.75, 3.05) is 24.9 Å². The van der Waals surface area contributed by atoms with Crippen molar-refractivity contribution < 1.29 is 32.2 Å². The molecule has 0 heterocycles. The maximum Gasteiger partial charge on any atom is 0.441 e. The molecule has 1 amide bonds. The Hall–Kier alpha value is -2.16. The van der Waals surface area contributed by atoms with Crippen LogP contribution in [0.2, 0.25) is 0 Å². The number of hydrogen-bond acceptors (Lipinski definition) is 5. The van der Waals surface area contributed by atoms with Crippen LogP contribution in [-0.4, -0.2) is 43.3 Å². The molecule has 0 bridgehead atoms. The Morgan fingerprint density at radius 3 is 2.38 bits per heavy atom. The molecule has 0 saturated heterocycles. The first-order valence-corrected chi connectivity index (χ1v) is 7.27. The standard InChI is InChI=1S/C14H16ClF3N2O4/c1-3-24-12(22)13(14(16,17)18,20-11(21)8-15)19-9-6-4-5-7-10(9)23-2/h4-7,19H,3,8H2,1-2H3,(H,20,21). The summed E-state index contributed by atoms with van der Waals surface area (Å²) in [6, 6.07) is 5.60. The van der Waals surface area contributed by atoms with E-state index in [2.05, 4.69) is 4.74 Å². The Labute approximate surface area is 141 Å². The Bertz CT molecular complexity index is 598. The number of carbonyl (C=O) groups excluding carboxylic acids is 2. The second kappa shape index (κ2) is 8.09. The smallest absolute Gasteiger partial charge is 0.441 e. The molecule has 0 saturated carbocycles. The summed E-state index contributed by atoms with van der Waals surface area (Å²) < 4.78 is 50.6. The molecular weight excluding hydrogens is 353 g/mol. The Morgan fingerprint density at radius 1 is 1.25 bits per heavy atom. The van der Waals surface area contributed by atoms with Gasteiger partial charge in [0.05, 0.1) is 19.4 Å². The third-order valence-electron chi connectivity index (χ3n) is 2.88. The van der Waals surface area contributed by atoms with Crippen LogP contribution in [0.25, 0.3) is 0 Å². The van der Waals surface area contributed by atoms with Crippen molar-refractivity contribution in [1.82, 2.24) is 5.32 Å². The number of benzene rings is 1. The van der Waals surface area contributed by atoms with Gasteiger partial charge in [-0.25, -0.2) is 4.79 Å². The highest BCUT2D eigenvalue weighted by Gasteiger charge is 2.63. The first-order chi connectivity index (χ1) is 11.2. The molecule has 10 heteroatoms. The minimum Gasteiger partial charge on any atom is -0.495 e. The molecule has 0 aliphatic heterocycles. The van der Waals surface area contributed by atoms with Crippen LogP contribution in [0.5, 0.6) is 5.75 Å². The maximum atomic E-state index is 13.7. The molecule has 1 unspecified atom stereocenters. The summed E-state index contributed by atoms with van der Waals surface area (Å²) in [7, 11) is 1.25. The van der Waals surface area contributed by atoms with E-state index in [9.17, 15) is 22.8 Å². The van der Waals surface area contributed by atoms with E-state index in [4.69, 9.17) is 16.3 Å². The summed E-state index contributed by atoms with van der Waals surface area (Å²) in [5, 5.41) is 3.55. The number of rotatable bonds is 7. The number of hydrogen-bond donors (Lipinski definition) is 2. The Morgan fingerprint density at radius 2 is 1.88 bits per heavy atom. The number of ether oxygens (including phenoxy) is 2. The SMILES string of the molecule is CCOC(=O)C(NC(=O)CCl)(Nc1ccccc1OC)C(F)(F)F. The number of amides is 1. The van der Waals surface area contributed by atoms with E-state index < -0.39 is 29.6 Å². The third-order valence-corrected chi connectivity index (χ3v) is 3.13. The lowest BCUT2D eigenvalue weighted by atomic mass is 10.1. The van der Waals surface area contributed by atoms with Crippen LogP contribution in [0.4, 0.5) is 18.9 Å². The maximum absolute atomic E-state index is 13.7. The zero-order valence-corrected chi connectivity index (χ0v) is 13.6.